The van der Waals surface area contributed by atoms with Gasteiger partial charge in [0.05, 0.1) is 12.4 Å². The summed E-state index contributed by atoms with van der Waals surface area (Å²) in [4.78, 5) is 9.88. The van der Waals surface area contributed by atoms with Crippen LogP contribution in [0.15, 0.2) is 35.4 Å². The molecule has 2 heterocycles. The number of hydrogen-bond donors (Lipinski definition) is 0. The summed E-state index contributed by atoms with van der Waals surface area (Å²) in [5, 5.41) is 0.154. The van der Waals surface area contributed by atoms with Gasteiger partial charge >= 0.3 is 0 Å². The summed E-state index contributed by atoms with van der Waals surface area (Å²) in [6, 6.07) is 7.71. The van der Waals surface area contributed by atoms with Crippen LogP contribution in [0.1, 0.15) is 16.6 Å². The number of benzene rings is 1. The third-order valence-corrected chi connectivity index (χ3v) is 4.51. The molecule has 110 valence electrons. The van der Waals surface area contributed by atoms with Crippen LogP contribution in [0.2, 0.25) is 0 Å². The standard InChI is InChI=1S/C15H15FN2O2S/c1-19-11-3-2-10-8-13(21-12(10)9-11)15-17-6-4-14(18-15)20-7-5-16/h2-4,6,9,13H,5,7-8H2,1H3. The predicted octanol–water partition coefficient (Wildman–Crippen LogP) is 3.22. The first-order chi connectivity index (χ1) is 10.3. The Balaban J connectivity index is 1.77. The number of methoxy groups -OCH3 is 1. The lowest BCUT2D eigenvalue weighted by molar-refractivity contribution is 0.263. The van der Waals surface area contributed by atoms with Crippen LogP contribution < -0.4 is 9.47 Å². The van der Waals surface area contributed by atoms with Crippen LogP contribution in [0.5, 0.6) is 11.6 Å². The van der Waals surface area contributed by atoms with Gasteiger partial charge in [-0.3, -0.25) is 0 Å². The highest BCUT2D eigenvalue weighted by Gasteiger charge is 2.26. The van der Waals surface area contributed by atoms with Crippen molar-refractivity contribution in [1.82, 2.24) is 9.97 Å². The molecular weight excluding hydrogens is 291 g/mol. The first-order valence-electron chi connectivity index (χ1n) is 6.65. The van der Waals surface area contributed by atoms with Gasteiger partial charge in [-0.1, -0.05) is 6.07 Å². The second-order valence-electron chi connectivity index (χ2n) is 4.57. The third-order valence-electron chi connectivity index (χ3n) is 3.21. The van der Waals surface area contributed by atoms with Crippen molar-refractivity contribution < 1.29 is 13.9 Å². The highest BCUT2D eigenvalue weighted by atomic mass is 32.2. The van der Waals surface area contributed by atoms with Crippen molar-refractivity contribution in [1.29, 1.82) is 0 Å². The topological polar surface area (TPSA) is 44.2 Å². The molecule has 0 amide bonds. The Labute approximate surface area is 126 Å². The van der Waals surface area contributed by atoms with E-state index in [-0.39, 0.29) is 11.9 Å². The normalized spacial score (nSPS) is 16.6. The summed E-state index contributed by atoms with van der Waals surface area (Å²) < 4.78 is 22.6. The van der Waals surface area contributed by atoms with Crippen molar-refractivity contribution in [3.8, 4) is 11.6 Å². The van der Waals surface area contributed by atoms with Crippen LogP contribution >= 0.6 is 11.8 Å². The largest absolute Gasteiger partial charge is 0.497 e. The van der Waals surface area contributed by atoms with Crippen LogP contribution in [0, 0.1) is 0 Å². The summed E-state index contributed by atoms with van der Waals surface area (Å²) in [5.74, 6) is 1.99. The quantitative estimate of drug-likeness (QED) is 0.848. The molecule has 2 aromatic rings. The molecule has 0 bridgehead atoms. The van der Waals surface area contributed by atoms with E-state index in [1.807, 2.05) is 12.1 Å². The fraction of sp³-hybridized carbons (Fsp3) is 0.333. The Morgan fingerprint density at radius 1 is 1.38 bits per heavy atom. The molecule has 1 aromatic carbocycles. The molecular formula is C15H15FN2O2S. The zero-order valence-corrected chi connectivity index (χ0v) is 12.4. The minimum atomic E-state index is -0.525. The lowest BCUT2D eigenvalue weighted by atomic mass is 10.1. The van der Waals surface area contributed by atoms with E-state index < -0.39 is 6.67 Å². The van der Waals surface area contributed by atoms with Crippen LogP contribution in [-0.4, -0.2) is 30.4 Å². The van der Waals surface area contributed by atoms with E-state index in [9.17, 15) is 4.39 Å². The van der Waals surface area contributed by atoms with Gasteiger partial charge in [0.1, 0.15) is 24.9 Å². The number of halogens is 1. The van der Waals surface area contributed by atoms with E-state index in [1.165, 1.54) is 10.5 Å². The molecule has 4 nitrogen and oxygen atoms in total. The zero-order valence-electron chi connectivity index (χ0n) is 11.6. The van der Waals surface area contributed by atoms with Gasteiger partial charge in [0.25, 0.3) is 0 Å². The average molecular weight is 306 g/mol. The van der Waals surface area contributed by atoms with Crippen molar-refractivity contribution in [2.45, 2.75) is 16.6 Å². The van der Waals surface area contributed by atoms with E-state index in [4.69, 9.17) is 9.47 Å². The van der Waals surface area contributed by atoms with Gasteiger partial charge in [-0.25, -0.2) is 9.37 Å². The number of thioether (sulfide) groups is 1. The number of nitrogens with zero attached hydrogens (tertiary/aromatic N) is 2. The van der Waals surface area contributed by atoms with Crippen molar-refractivity contribution in [3.63, 3.8) is 0 Å². The Morgan fingerprint density at radius 2 is 2.29 bits per heavy atom. The smallest absolute Gasteiger partial charge is 0.216 e. The molecule has 0 N–H and O–H groups in total. The molecule has 6 heteroatoms. The fourth-order valence-corrected chi connectivity index (χ4v) is 3.49. The first-order valence-corrected chi connectivity index (χ1v) is 7.53. The molecule has 0 aliphatic carbocycles. The third kappa shape index (κ3) is 3.10. The minimum absolute atomic E-state index is 0.0195. The van der Waals surface area contributed by atoms with Crippen LogP contribution in [0.3, 0.4) is 0 Å². The molecule has 3 rings (SSSR count). The Bertz CT molecular complexity index is 639. The SMILES string of the molecule is COc1ccc2c(c1)SC(c1nccc(OCCF)n1)C2. The maximum atomic E-state index is 12.1. The van der Waals surface area contributed by atoms with E-state index in [0.717, 1.165) is 12.2 Å². The summed E-state index contributed by atoms with van der Waals surface area (Å²) in [7, 11) is 1.66. The van der Waals surface area contributed by atoms with Crippen LogP contribution in [-0.2, 0) is 6.42 Å². The van der Waals surface area contributed by atoms with Crippen LogP contribution in [0.4, 0.5) is 4.39 Å². The predicted molar refractivity (Wildman–Crippen MR) is 78.8 cm³/mol. The maximum absolute atomic E-state index is 12.1. The summed E-state index contributed by atoms with van der Waals surface area (Å²) in [5.41, 5.74) is 1.27. The van der Waals surface area contributed by atoms with Gasteiger partial charge in [-0.05, 0) is 24.1 Å². The van der Waals surface area contributed by atoms with E-state index in [0.29, 0.717) is 11.7 Å². The van der Waals surface area contributed by atoms with Gasteiger partial charge in [0.2, 0.25) is 5.88 Å². The summed E-state index contributed by atoms with van der Waals surface area (Å²) in [6.07, 6.45) is 2.52. The lowest BCUT2D eigenvalue weighted by Gasteiger charge is -2.08. The van der Waals surface area contributed by atoms with Gasteiger partial charge in [0, 0.05) is 17.2 Å². The van der Waals surface area contributed by atoms with Crippen LogP contribution in [0.25, 0.3) is 0 Å². The molecule has 1 aliphatic rings. The zero-order chi connectivity index (χ0) is 14.7. The van der Waals surface area contributed by atoms with Gasteiger partial charge in [-0.2, -0.15) is 4.98 Å². The highest BCUT2D eigenvalue weighted by Crippen LogP contribution is 2.46. The molecule has 0 fully saturated rings. The number of aromatic nitrogens is 2. The van der Waals surface area contributed by atoms with Gasteiger partial charge in [-0.15, -0.1) is 11.8 Å². The second kappa shape index (κ2) is 6.30. The van der Waals surface area contributed by atoms with E-state index in [1.54, 1.807) is 31.1 Å². The Hall–Kier alpha value is -1.82. The number of ether oxygens (including phenoxy) is 2. The summed E-state index contributed by atoms with van der Waals surface area (Å²) in [6.45, 7) is -0.506. The van der Waals surface area contributed by atoms with Crippen molar-refractivity contribution in [2.75, 3.05) is 20.4 Å². The Morgan fingerprint density at radius 3 is 3.10 bits per heavy atom. The highest BCUT2D eigenvalue weighted by molar-refractivity contribution is 7.99. The van der Waals surface area contributed by atoms with Gasteiger partial charge < -0.3 is 9.47 Å². The molecule has 21 heavy (non-hydrogen) atoms. The number of rotatable bonds is 5. The molecule has 0 saturated carbocycles. The van der Waals surface area contributed by atoms with E-state index >= 15 is 0 Å². The average Bonchev–Trinajstić information content (AvgIpc) is 2.96. The molecule has 0 radical (unpaired) electrons. The van der Waals surface area contributed by atoms with Crippen molar-refractivity contribution in [2.24, 2.45) is 0 Å². The summed E-state index contributed by atoms with van der Waals surface area (Å²) >= 11 is 1.72. The van der Waals surface area contributed by atoms with Crippen molar-refractivity contribution in [3.05, 3.63) is 41.9 Å². The molecule has 1 unspecified atom stereocenters. The monoisotopic (exact) mass is 306 g/mol. The minimum Gasteiger partial charge on any atom is -0.497 e. The molecule has 0 spiro atoms. The van der Waals surface area contributed by atoms with Crippen molar-refractivity contribution >= 4 is 11.8 Å². The lowest BCUT2D eigenvalue weighted by Crippen LogP contribution is -2.05. The molecule has 1 aromatic heterocycles. The number of alkyl halides is 1. The van der Waals surface area contributed by atoms with Gasteiger partial charge in [0.15, 0.2) is 0 Å². The first kappa shape index (κ1) is 14.1. The fourth-order valence-electron chi connectivity index (χ4n) is 2.21. The molecule has 1 atom stereocenters. The number of hydrogen-bond acceptors (Lipinski definition) is 5. The Kier molecular flexibility index (Phi) is 4.24. The maximum Gasteiger partial charge on any atom is 0.216 e. The number of fused-ring (bicyclic) bond motifs is 1. The second-order valence-corrected chi connectivity index (χ2v) is 5.82. The molecule has 1 aliphatic heterocycles. The molecule has 0 saturated heterocycles. The van der Waals surface area contributed by atoms with E-state index in [2.05, 4.69) is 16.0 Å².